The molecule has 1 fully saturated rings. The minimum atomic E-state index is -3.56. The first-order valence-electron chi connectivity index (χ1n) is 10.6. The van der Waals surface area contributed by atoms with Crippen molar-refractivity contribution in [3.63, 3.8) is 0 Å². The fourth-order valence-corrected chi connectivity index (χ4v) is 5.67. The van der Waals surface area contributed by atoms with Crippen LogP contribution in [0.25, 0.3) is 0 Å². The number of nitrogens with zero attached hydrogens (tertiary/aromatic N) is 1. The van der Waals surface area contributed by atoms with Gasteiger partial charge in [-0.05, 0) is 62.1 Å². The molecular formula is C23H25Cl2N3O4S. The number of sulfonamides is 1. The molecule has 1 spiro atoms. The average molecular weight is 510 g/mol. The summed E-state index contributed by atoms with van der Waals surface area (Å²) in [5, 5.41) is 3.83. The smallest absolute Gasteiger partial charge is 0.269 e. The molecular weight excluding hydrogens is 485 g/mol. The molecule has 1 saturated heterocycles. The van der Waals surface area contributed by atoms with Gasteiger partial charge in [0.25, 0.3) is 5.91 Å². The first-order chi connectivity index (χ1) is 15.7. The van der Waals surface area contributed by atoms with E-state index in [0.29, 0.717) is 54.6 Å². The standard InChI is InChI=1S/C23H25Cl2N3O4S/c1-16-2-5-18(6-3-16)33(30,31)28-12-9-23(10-13-28)15-21(27-32-23)22(29)26-11-8-17-4-7-19(24)20(25)14-17/h2-7,14-15,27H,8-13H2,1H3,(H,26,29). The van der Waals surface area contributed by atoms with Crippen LogP contribution in [-0.2, 0) is 26.1 Å². The number of benzene rings is 2. The van der Waals surface area contributed by atoms with E-state index in [1.807, 2.05) is 13.0 Å². The van der Waals surface area contributed by atoms with Crippen molar-refractivity contribution in [1.29, 1.82) is 0 Å². The highest BCUT2D eigenvalue weighted by atomic mass is 35.5. The molecule has 2 heterocycles. The highest BCUT2D eigenvalue weighted by Crippen LogP contribution is 2.34. The molecule has 33 heavy (non-hydrogen) atoms. The van der Waals surface area contributed by atoms with Crippen LogP contribution in [0.5, 0.6) is 0 Å². The number of rotatable bonds is 6. The lowest BCUT2D eigenvalue weighted by Crippen LogP contribution is -2.46. The van der Waals surface area contributed by atoms with Crippen LogP contribution < -0.4 is 10.8 Å². The van der Waals surface area contributed by atoms with Crippen LogP contribution in [-0.4, -0.2) is 43.9 Å². The van der Waals surface area contributed by atoms with Crippen molar-refractivity contribution in [2.24, 2.45) is 0 Å². The highest BCUT2D eigenvalue weighted by molar-refractivity contribution is 7.89. The first kappa shape index (κ1) is 24.0. The Morgan fingerprint density at radius 1 is 1.12 bits per heavy atom. The molecule has 0 radical (unpaired) electrons. The Bertz CT molecular complexity index is 1170. The van der Waals surface area contributed by atoms with Gasteiger partial charge in [0.05, 0.1) is 14.9 Å². The predicted octanol–water partition coefficient (Wildman–Crippen LogP) is 3.60. The Labute approximate surface area is 203 Å². The summed E-state index contributed by atoms with van der Waals surface area (Å²) in [6, 6.07) is 12.2. The number of amides is 1. The Morgan fingerprint density at radius 2 is 1.82 bits per heavy atom. The Balaban J connectivity index is 1.32. The molecule has 176 valence electrons. The monoisotopic (exact) mass is 509 g/mol. The summed E-state index contributed by atoms with van der Waals surface area (Å²) in [5.74, 6) is -0.276. The number of carbonyl (C=O) groups is 1. The molecule has 0 atom stereocenters. The molecule has 0 aromatic heterocycles. The summed E-state index contributed by atoms with van der Waals surface area (Å²) in [4.78, 5) is 18.6. The zero-order valence-corrected chi connectivity index (χ0v) is 20.4. The normalized spacial score (nSPS) is 18.1. The van der Waals surface area contributed by atoms with Gasteiger partial charge < -0.3 is 5.32 Å². The third-order valence-corrected chi connectivity index (χ3v) is 8.58. The third kappa shape index (κ3) is 5.36. The van der Waals surface area contributed by atoms with E-state index in [4.69, 9.17) is 28.0 Å². The fourth-order valence-electron chi connectivity index (χ4n) is 3.91. The molecule has 2 aliphatic heterocycles. The summed E-state index contributed by atoms with van der Waals surface area (Å²) in [6.45, 7) is 2.95. The predicted molar refractivity (Wildman–Crippen MR) is 127 cm³/mol. The largest absolute Gasteiger partial charge is 0.350 e. The van der Waals surface area contributed by atoms with Crippen molar-refractivity contribution in [3.05, 3.63) is 75.4 Å². The van der Waals surface area contributed by atoms with E-state index in [1.165, 1.54) is 4.31 Å². The van der Waals surface area contributed by atoms with Crippen molar-refractivity contribution in [3.8, 4) is 0 Å². The van der Waals surface area contributed by atoms with Crippen LogP contribution >= 0.6 is 23.2 Å². The number of carbonyl (C=O) groups excluding carboxylic acids is 1. The SMILES string of the molecule is Cc1ccc(S(=O)(=O)N2CCC3(C=C(C(=O)NCCc4ccc(Cl)c(Cl)c4)NO3)CC2)cc1. The van der Waals surface area contributed by atoms with E-state index in [-0.39, 0.29) is 10.8 Å². The van der Waals surface area contributed by atoms with Gasteiger partial charge in [-0.15, -0.1) is 0 Å². The van der Waals surface area contributed by atoms with Gasteiger partial charge in [-0.25, -0.2) is 8.42 Å². The zero-order chi connectivity index (χ0) is 23.6. The molecule has 2 aromatic carbocycles. The number of hydroxylamine groups is 1. The lowest BCUT2D eigenvalue weighted by Gasteiger charge is -2.35. The van der Waals surface area contributed by atoms with E-state index in [2.05, 4.69) is 10.8 Å². The summed E-state index contributed by atoms with van der Waals surface area (Å²) in [6.07, 6.45) is 3.27. The minimum Gasteiger partial charge on any atom is -0.350 e. The van der Waals surface area contributed by atoms with E-state index in [0.717, 1.165) is 11.1 Å². The molecule has 0 aliphatic carbocycles. The lowest BCUT2D eigenvalue weighted by molar-refractivity contribution is -0.120. The third-order valence-electron chi connectivity index (χ3n) is 5.93. The fraction of sp³-hybridized carbons (Fsp3) is 0.348. The van der Waals surface area contributed by atoms with Crippen molar-refractivity contribution in [2.75, 3.05) is 19.6 Å². The number of piperidine rings is 1. The van der Waals surface area contributed by atoms with Crippen LogP contribution in [0.4, 0.5) is 0 Å². The van der Waals surface area contributed by atoms with Crippen LogP contribution in [0.3, 0.4) is 0 Å². The number of aryl methyl sites for hydroxylation is 1. The van der Waals surface area contributed by atoms with E-state index >= 15 is 0 Å². The van der Waals surface area contributed by atoms with Gasteiger partial charge in [0.15, 0.2) is 0 Å². The second-order valence-electron chi connectivity index (χ2n) is 8.30. The second kappa shape index (κ2) is 9.64. The summed E-state index contributed by atoms with van der Waals surface area (Å²) in [7, 11) is -3.56. The molecule has 4 rings (SSSR count). The maximum atomic E-state index is 12.9. The number of nitrogens with one attached hydrogen (secondary N) is 2. The van der Waals surface area contributed by atoms with Gasteiger partial charge in [0.1, 0.15) is 11.3 Å². The van der Waals surface area contributed by atoms with Gasteiger partial charge in [0.2, 0.25) is 10.0 Å². The van der Waals surface area contributed by atoms with Crippen LogP contribution in [0.15, 0.2) is 59.1 Å². The lowest BCUT2D eigenvalue weighted by atomic mass is 9.92. The highest BCUT2D eigenvalue weighted by Gasteiger charge is 2.42. The number of halogens is 2. The maximum absolute atomic E-state index is 12.9. The quantitative estimate of drug-likeness (QED) is 0.620. The van der Waals surface area contributed by atoms with Crippen molar-refractivity contribution in [1.82, 2.24) is 15.1 Å². The van der Waals surface area contributed by atoms with Crippen molar-refractivity contribution in [2.45, 2.75) is 36.7 Å². The zero-order valence-electron chi connectivity index (χ0n) is 18.1. The van der Waals surface area contributed by atoms with Gasteiger partial charge in [-0.3, -0.25) is 15.1 Å². The molecule has 0 bridgehead atoms. The molecule has 0 saturated carbocycles. The maximum Gasteiger partial charge on any atom is 0.269 e. The van der Waals surface area contributed by atoms with Crippen LogP contribution in [0.1, 0.15) is 24.0 Å². The second-order valence-corrected chi connectivity index (χ2v) is 11.1. The summed E-state index contributed by atoms with van der Waals surface area (Å²) in [5.41, 5.74) is 4.32. The van der Waals surface area contributed by atoms with E-state index < -0.39 is 15.6 Å². The number of hydrogen-bond donors (Lipinski definition) is 2. The Morgan fingerprint density at radius 3 is 2.48 bits per heavy atom. The molecule has 7 nitrogen and oxygen atoms in total. The van der Waals surface area contributed by atoms with Crippen LogP contribution in [0, 0.1) is 6.92 Å². The molecule has 0 unspecified atom stereocenters. The van der Waals surface area contributed by atoms with Gasteiger partial charge >= 0.3 is 0 Å². The van der Waals surface area contributed by atoms with Gasteiger partial charge in [0, 0.05) is 19.6 Å². The summed E-state index contributed by atoms with van der Waals surface area (Å²) >= 11 is 12.0. The molecule has 10 heteroatoms. The molecule has 2 N–H and O–H groups in total. The van der Waals surface area contributed by atoms with E-state index in [9.17, 15) is 13.2 Å². The van der Waals surface area contributed by atoms with Gasteiger partial charge in [-0.1, -0.05) is 47.0 Å². The van der Waals surface area contributed by atoms with Crippen molar-refractivity contribution < 1.29 is 18.0 Å². The molecule has 1 amide bonds. The Kier molecular flexibility index (Phi) is 7.02. The summed E-state index contributed by atoms with van der Waals surface area (Å²) < 4.78 is 27.3. The minimum absolute atomic E-state index is 0.276. The van der Waals surface area contributed by atoms with Crippen LogP contribution in [0.2, 0.25) is 10.0 Å². The van der Waals surface area contributed by atoms with Crippen molar-refractivity contribution >= 4 is 39.1 Å². The Hall–Kier alpha value is -2.10. The average Bonchev–Trinajstić information content (AvgIpc) is 3.20. The van der Waals surface area contributed by atoms with E-state index in [1.54, 1.807) is 42.5 Å². The first-order valence-corrected chi connectivity index (χ1v) is 12.8. The van der Waals surface area contributed by atoms with Gasteiger partial charge in [-0.2, -0.15) is 4.31 Å². The topological polar surface area (TPSA) is 87.7 Å². The number of hydrogen-bond acceptors (Lipinski definition) is 5. The molecule has 2 aromatic rings. The molecule has 2 aliphatic rings.